The Bertz CT molecular complexity index is 1070. The summed E-state index contributed by atoms with van der Waals surface area (Å²) in [6.45, 7) is 3.81. The zero-order valence-corrected chi connectivity index (χ0v) is 19.3. The van der Waals surface area contributed by atoms with Crippen LogP contribution >= 0.6 is 0 Å². The van der Waals surface area contributed by atoms with Gasteiger partial charge >= 0.3 is 12.2 Å². The number of alkyl halides is 3. The fourth-order valence-corrected chi connectivity index (χ4v) is 3.66. The maximum atomic E-state index is 13.1. The highest BCUT2D eigenvalue weighted by atomic mass is 19.4. The first-order valence-electron chi connectivity index (χ1n) is 10.6. The average Bonchev–Trinajstić information content (AvgIpc) is 3.09. The molecule has 8 nitrogen and oxygen atoms in total. The molecule has 1 aromatic carbocycles. The van der Waals surface area contributed by atoms with Crippen LogP contribution in [-0.2, 0) is 11.0 Å². The molecule has 2 heterocycles. The number of carbonyl (C=O) groups excluding carboxylic acids is 3. The maximum absolute atomic E-state index is 13.1. The van der Waals surface area contributed by atoms with Gasteiger partial charge in [0.25, 0.3) is 5.91 Å². The third kappa shape index (κ3) is 5.46. The molecule has 0 spiro atoms. The van der Waals surface area contributed by atoms with Crippen LogP contribution in [0.5, 0.6) is 0 Å². The molecule has 1 saturated heterocycles. The summed E-state index contributed by atoms with van der Waals surface area (Å²) < 4.78 is 38.8. The van der Waals surface area contributed by atoms with E-state index in [9.17, 15) is 27.6 Å². The summed E-state index contributed by atoms with van der Waals surface area (Å²) in [7, 11) is 3.22. The van der Waals surface area contributed by atoms with Crippen molar-refractivity contribution in [3.63, 3.8) is 0 Å². The van der Waals surface area contributed by atoms with E-state index in [-0.39, 0.29) is 35.8 Å². The van der Waals surface area contributed by atoms with E-state index >= 15 is 0 Å². The molecule has 0 radical (unpaired) electrons. The van der Waals surface area contributed by atoms with E-state index in [4.69, 9.17) is 0 Å². The first-order chi connectivity index (χ1) is 15.9. The molecule has 182 valence electrons. The smallest absolute Gasteiger partial charge is 0.343 e. The lowest BCUT2D eigenvalue weighted by molar-refractivity contribution is -0.137. The molecule has 3 rings (SSSR count). The molecule has 34 heavy (non-hydrogen) atoms. The number of aromatic nitrogens is 1. The number of anilines is 2. The van der Waals surface area contributed by atoms with Crippen LogP contribution in [0.4, 0.5) is 29.3 Å². The molecule has 1 aromatic heterocycles. The number of urea groups is 1. The molecule has 0 saturated carbocycles. The van der Waals surface area contributed by atoms with Crippen molar-refractivity contribution in [3.8, 4) is 0 Å². The molecule has 1 fully saturated rings. The van der Waals surface area contributed by atoms with E-state index in [0.29, 0.717) is 12.2 Å². The Morgan fingerprint density at radius 3 is 2.47 bits per heavy atom. The van der Waals surface area contributed by atoms with Crippen molar-refractivity contribution in [2.24, 2.45) is 5.92 Å². The molecule has 1 atom stereocenters. The number of halogens is 3. The first-order valence-corrected chi connectivity index (χ1v) is 10.6. The summed E-state index contributed by atoms with van der Waals surface area (Å²) in [6.07, 6.45) is -3.10. The van der Waals surface area contributed by atoms with Gasteiger partial charge in [-0.3, -0.25) is 14.5 Å². The molecular formula is C23H26F3N5O3. The molecule has 1 aliphatic rings. The van der Waals surface area contributed by atoms with Crippen molar-refractivity contribution >= 4 is 29.2 Å². The minimum absolute atomic E-state index is 0.00484. The van der Waals surface area contributed by atoms with Gasteiger partial charge < -0.3 is 15.1 Å². The van der Waals surface area contributed by atoms with Gasteiger partial charge in [0.1, 0.15) is 12.2 Å². The van der Waals surface area contributed by atoms with Gasteiger partial charge in [-0.1, -0.05) is 19.9 Å². The van der Waals surface area contributed by atoms with Crippen molar-refractivity contribution < 1.29 is 27.6 Å². The quantitative estimate of drug-likeness (QED) is 0.688. The highest BCUT2D eigenvalue weighted by Gasteiger charge is 2.40. The van der Waals surface area contributed by atoms with Crippen molar-refractivity contribution in [1.29, 1.82) is 0 Å². The Kier molecular flexibility index (Phi) is 7.13. The summed E-state index contributed by atoms with van der Waals surface area (Å²) in [5.41, 5.74) is -0.169. The van der Waals surface area contributed by atoms with Crippen molar-refractivity contribution in [2.45, 2.75) is 26.1 Å². The molecule has 2 aromatic rings. The fraction of sp³-hybridized carbons (Fsp3) is 0.391. The van der Waals surface area contributed by atoms with Crippen LogP contribution in [0.1, 0.15) is 29.9 Å². The van der Waals surface area contributed by atoms with Crippen LogP contribution in [-0.4, -0.2) is 65.9 Å². The second-order valence-electron chi connectivity index (χ2n) is 8.56. The Morgan fingerprint density at radius 2 is 1.91 bits per heavy atom. The van der Waals surface area contributed by atoms with Gasteiger partial charge in [-0.2, -0.15) is 13.2 Å². The third-order valence-electron chi connectivity index (χ3n) is 5.49. The van der Waals surface area contributed by atoms with Crippen LogP contribution < -0.4 is 10.2 Å². The molecule has 1 N–H and O–H groups in total. The molecule has 1 aliphatic heterocycles. The van der Waals surface area contributed by atoms with Crippen LogP contribution in [0, 0.1) is 5.92 Å². The minimum atomic E-state index is -4.53. The number of carbonyl (C=O) groups is 3. The summed E-state index contributed by atoms with van der Waals surface area (Å²) in [5, 5.41) is 2.44. The van der Waals surface area contributed by atoms with Gasteiger partial charge in [0.15, 0.2) is 0 Å². The van der Waals surface area contributed by atoms with Gasteiger partial charge in [-0.05, 0) is 36.2 Å². The number of amides is 4. The number of nitrogens with one attached hydrogen (secondary N) is 1. The molecular weight excluding hydrogens is 451 g/mol. The maximum Gasteiger partial charge on any atom is 0.416 e. The standard InChI is InChI=1S/C23H26F3N5O3/c1-14(2)19-12-30(17-8-9-18(27-11-17)21(33)29(3)4)22(34)31(19)13-20(32)28-16-7-5-6-15(10-16)23(24,25)26/h5-11,14,19H,12-13H2,1-4H3,(H,28,32)/t19-/m1/s1. The Balaban J connectivity index is 1.74. The summed E-state index contributed by atoms with van der Waals surface area (Å²) >= 11 is 0. The van der Waals surface area contributed by atoms with Crippen molar-refractivity contribution in [2.75, 3.05) is 37.4 Å². The van der Waals surface area contributed by atoms with Crippen molar-refractivity contribution in [1.82, 2.24) is 14.8 Å². The third-order valence-corrected chi connectivity index (χ3v) is 5.49. The Hall–Kier alpha value is -3.63. The van der Waals surface area contributed by atoms with Crippen LogP contribution in [0.3, 0.4) is 0 Å². The number of benzene rings is 1. The van der Waals surface area contributed by atoms with E-state index in [0.717, 1.165) is 12.1 Å². The van der Waals surface area contributed by atoms with Gasteiger partial charge in [-0.15, -0.1) is 0 Å². The summed E-state index contributed by atoms with van der Waals surface area (Å²) in [6, 6.07) is 6.73. The number of pyridine rings is 1. The molecule has 0 bridgehead atoms. The Morgan fingerprint density at radius 1 is 1.21 bits per heavy atom. The van der Waals surface area contributed by atoms with Gasteiger partial charge in [0.05, 0.1) is 23.5 Å². The second kappa shape index (κ2) is 9.70. The lowest BCUT2D eigenvalue weighted by atomic mass is 10.0. The number of nitrogens with zero attached hydrogens (tertiary/aromatic N) is 4. The largest absolute Gasteiger partial charge is 0.416 e. The van der Waals surface area contributed by atoms with Crippen molar-refractivity contribution in [3.05, 3.63) is 53.9 Å². The Labute approximate surface area is 195 Å². The lowest BCUT2D eigenvalue weighted by Crippen LogP contribution is -2.42. The average molecular weight is 477 g/mol. The van der Waals surface area contributed by atoms with Gasteiger partial charge in [0, 0.05) is 26.3 Å². The topological polar surface area (TPSA) is 85.9 Å². The van der Waals surface area contributed by atoms with E-state index in [1.807, 2.05) is 13.8 Å². The molecule has 0 aliphatic carbocycles. The molecule has 11 heteroatoms. The highest BCUT2D eigenvalue weighted by molar-refractivity contribution is 6.00. The predicted octanol–water partition coefficient (Wildman–Crippen LogP) is 3.71. The zero-order valence-electron chi connectivity index (χ0n) is 19.3. The fourth-order valence-electron chi connectivity index (χ4n) is 3.66. The van der Waals surface area contributed by atoms with Gasteiger partial charge in [0.2, 0.25) is 5.91 Å². The summed E-state index contributed by atoms with van der Waals surface area (Å²) in [4.78, 5) is 46.2. The predicted molar refractivity (Wildman–Crippen MR) is 120 cm³/mol. The molecule has 4 amide bonds. The van der Waals surface area contributed by atoms with Crippen LogP contribution in [0.25, 0.3) is 0 Å². The number of hydrogen-bond donors (Lipinski definition) is 1. The second-order valence-corrected chi connectivity index (χ2v) is 8.56. The van der Waals surface area contributed by atoms with E-state index < -0.39 is 23.7 Å². The van der Waals surface area contributed by atoms with E-state index in [1.165, 1.54) is 39.1 Å². The number of rotatable bonds is 6. The normalized spacial score (nSPS) is 16.2. The van der Waals surface area contributed by atoms with Crippen LogP contribution in [0.15, 0.2) is 42.6 Å². The van der Waals surface area contributed by atoms with Gasteiger partial charge in [-0.25, -0.2) is 9.78 Å². The molecule has 0 unspecified atom stereocenters. The monoisotopic (exact) mass is 477 g/mol. The minimum Gasteiger partial charge on any atom is -0.343 e. The van der Waals surface area contributed by atoms with Crippen LogP contribution in [0.2, 0.25) is 0 Å². The SMILES string of the molecule is CC(C)[C@H]1CN(c2ccc(C(=O)N(C)C)nc2)C(=O)N1CC(=O)Nc1cccc(C(F)(F)F)c1. The lowest BCUT2D eigenvalue weighted by Gasteiger charge is -2.25. The zero-order chi connectivity index (χ0) is 25.2. The van der Waals surface area contributed by atoms with E-state index in [2.05, 4.69) is 10.3 Å². The first kappa shape index (κ1) is 25.0. The highest BCUT2D eigenvalue weighted by Crippen LogP contribution is 2.31. The van der Waals surface area contributed by atoms with E-state index in [1.54, 1.807) is 20.2 Å². The number of hydrogen-bond acceptors (Lipinski definition) is 4. The summed E-state index contributed by atoms with van der Waals surface area (Å²) in [5.74, 6) is -0.865.